The highest BCUT2D eigenvalue weighted by atomic mass is 32.1. The first-order valence-corrected chi connectivity index (χ1v) is 11.4. The van der Waals surface area contributed by atoms with Crippen LogP contribution in [0.5, 0.6) is 5.75 Å². The van der Waals surface area contributed by atoms with Gasteiger partial charge < -0.3 is 15.4 Å². The Kier molecular flexibility index (Phi) is 7.33. The molecule has 31 heavy (non-hydrogen) atoms. The average molecular weight is 438 g/mol. The van der Waals surface area contributed by atoms with Crippen LogP contribution in [0, 0.1) is 11.3 Å². The van der Waals surface area contributed by atoms with Gasteiger partial charge in [0.1, 0.15) is 5.75 Å². The van der Waals surface area contributed by atoms with E-state index >= 15 is 0 Å². The molecule has 5 nitrogen and oxygen atoms in total. The van der Waals surface area contributed by atoms with E-state index in [0.29, 0.717) is 12.3 Å². The summed E-state index contributed by atoms with van der Waals surface area (Å²) in [6.07, 6.45) is 1.54. The van der Waals surface area contributed by atoms with E-state index in [1.807, 2.05) is 53.9 Å². The van der Waals surface area contributed by atoms with E-state index in [9.17, 15) is 4.79 Å². The molecule has 0 bridgehead atoms. The summed E-state index contributed by atoms with van der Waals surface area (Å²) in [5.74, 6) is 1.18. The first-order chi connectivity index (χ1) is 14.7. The molecule has 0 aliphatic carbocycles. The van der Waals surface area contributed by atoms with Crippen molar-refractivity contribution in [2.75, 3.05) is 17.7 Å². The zero-order valence-corrected chi connectivity index (χ0v) is 19.7. The maximum atomic E-state index is 12.5. The molecule has 0 saturated heterocycles. The predicted molar refractivity (Wildman–Crippen MR) is 130 cm³/mol. The molecule has 3 aromatic rings. The third-order valence-electron chi connectivity index (χ3n) is 4.76. The molecule has 2 aromatic carbocycles. The topological polar surface area (TPSA) is 63.2 Å². The summed E-state index contributed by atoms with van der Waals surface area (Å²) in [4.78, 5) is 17.2. The number of hydrogen-bond donors (Lipinski definition) is 2. The summed E-state index contributed by atoms with van der Waals surface area (Å²) < 4.78 is 5.27. The van der Waals surface area contributed by atoms with Gasteiger partial charge in [-0.05, 0) is 42.0 Å². The molecule has 0 aliphatic heterocycles. The van der Waals surface area contributed by atoms with Gasteiger partial charge in [-0.1, -0.05) is 45.9 Å². The van der Waals surface area contributed by atoms with Crippen LogP contribution in [0.4, 0.5) is 16.5 Å². The number of ether oxygens (including phenoxy) is 1. The lowest BCUT2D eigenvalue weighted by molar-refractivity contribution is -0.117. The van der Waals surface area contributed by atoms with Crippen LogP contribution in [-0.2, 0) is 4.79 Å². The van der Waals surface area contributed by atoms with Crippen molar-refractivity contribution >= 4 is 33.8 Å². The van der Waals surface area contributed by atoms with Crippen LogP contribution < -0.4 is 15.4 Å². The van der Waals surface area contributed by atoms with Crippen molar-refractivity contribution in [2.24, 2.45) is 11.3 Å². The van der Waals surface area contributed by atoms with Gasteiger partial charge in [-0.25, -0.2) is 4.98 Å². The largest absolute Gasteiger partial charge is 0.497 e. The first kappa shape index (κ1) is 22.8. The highest BCUT2D eigenvalue weighted by Gasteiger charge is 2.18. The normalized spacial score (nSPS) is 12.3. The number of hydrogen-bond acceptors (Lipinski definition) is 5. The molecule has 6 heteroatoms. The molecule has 1 aromatic heterocycles. The molecule has 2 N–H and O–H groups in total. The second kappa shape index (κ2) is 9.96. The Balaban J connectivity index is 1.64. The lowest BCUT2D eigenvalue weighted by Crippen LogP contribution is -2.18. The van der Waals surface area contributed by atoms with Crippen molar-refractivity contribution in [1.82, 2.24) is 4.98 Å². The van der Waals surface area contributed by atoms with Crippen molar-refractivity contribution in [2.45, 2.75) is 40.5 Å². The molecule has 164 valence electrons. The van der Waals surface area contributed by atoms with Gasteiger partial charge in [-0.3, -0.25) is 4.79 Å². The highest BCUT2D eigenvalue weighted by Crippen LogP contribution is 2.30. The average Bonchev–Trinajstić information content (AvgIpc) is 3.15. The fourth-order valence-electron chi connectivity index (χ4n) is 3.69. The molecule has 0 fully saturated rings. The fourth-order valence-corrected chi connectivity index (χ4v) is 4.43. The summed E-state index contributed by atoms with van der Waals surface area (Å²) in [5, 5.41) is 9.16. The zero-order chi connectivity index (χ0) is 22.4. The molecular formula is C25H31N3O2S. The Hall–Kier alpha value is -2.86. The van der Waals surface area contributed by atoms with Crippen LogP contribution in [0.3, 0.4) is 0 Å². The van der Waals surface area contributed by atoms with Crippen molar-refractivity contribution < 1.29 is 9.53 Å². The first-order valence-electron chi connectivity index (χ1n) is 10.5. The fraction of sp³-hybridized carbons (Fsp3) is 0.360. The van der Waals surface area contributed by atoms with Crippen LogP contribution >= 0.6 is 11.3 Å². The maximum absolute atomic E-state index is 12.5. The predicted octanol–water partition coefficient (Wildman–Crippen LogP) is 6.96. The summed E-state index contributed by atoms with van der Waals surface area (Å²) >= 11 is 1.54. The van der Waals surface area contributed by atoms with Gasteiger partial charge in [0.15, 0.2) is 5.13 Å². The Morgan fingerprint density at radius 3 is 2.61 bits per heavy atom. The number of carbonyl (C=O) groups excluding carboxylic acids is 1. The van der Waals surface area contributed by atoms with Crippen molar-refractivity contribution in [3.05, 3.63) is 53.9 Å². The standard InChI is InChI=1S/C25H31N3O2S/c1-17(15-25(2,3)4)12-23(29)26-19-9-6-8-18(13-19)22-16-31-24(28-22)27-20-10-7-11-21(14-20)30-5/h6-11,13-14,16-17H,12,15H2,1-5H3,(H,26,29)(H,27,28)/t17-/m0/s1. The molecule has 0 radical (unpaired) electrons. The van der Waals surface area contributed by atoms with E-state index in [0.717, 1.165) is 39.9 Å². The van der Waals surface area contributed by atoms with Gasteiger partial charge in [0.2, 0.25) is 5.91 Å². The number of nitrogens with zero attached hydrogens (tertiary/aromatic N) is 1. The third kappa shape index (κ3) is 7.10. The molecule has 0 unspecified atom stereocenters. The minimum atomic E-state index is 0.0487. The van der Waals surface area contributed by atoms with Crippen molar-refractivity contribution in [3.63, 3.8) is 0 Å². The number of rotatable bonds is 8. The van der Waals surface area contributed by atoms with E-state index < -0.39 is 0 Å². The number of anilines is 3. The second-order valence-corrected chi connectivity index (χ2v) is 9.96. The Labute approximate surface area is 188 Å². The molecule has 3 rings (SSSR count). The van der Waals surface area contributed by atoms with Gasteiger partial charge in [0.05, 0.1) is 12.8 Å². The van der Waals surface area contributed by atoms with Crippen LogP contribution in [0.2, 0.25) is 0 Å². The molecule has 0 aliphatic rings. The summed E-state index contributed by atoms with van der Waals surface area (Å²) in [5.41, 5.74) is 3.77. The summed E-state index contributed by atoms with van der Waals surface area (Å²) in [6, 6.07) is 15.6. The number of thiazole rings is 1. The summed E-state index contributed by atoms with van der Waals surface area (Å²) in [6.45, 7) is 8.75. The second-order valence-electron chi connectivity index (χ2n) is 9.10. The van der Waals surface area contributed by atoms with Gasteiger partial charge >= 0.3 is 0 Å². The minimum absolute atomic E-state index is 0.0487. The van der Waals surface area contributed by atoms with Gasteiger partial charge in [0, 0.05) is 34.8 Å². The van der Waals surface area contributed by atoms with E-state index in [1.54, 1.807) is 7.11 Å². The molecule has 0 spiro atoms. The number of nitrogens with one attached hydrogen (secondary N) is 2. The number of amides is 1. The van der Waals surface area contributed by atoms with Gasteiger partial charge in [-0.2, -0.15) is 0 Å². The van der Waals surface area contributed by atoms with Gasteiger partial charge in [0.25, 0.3) is 0 Å². The maximum Gasteiger partial charge on any atom is 0.224 e. The van der Waals surface area contributed by atoms with E-state index in [4.69, 9.17) is 9.72 Å². The molecule has 1 heterocycles. The highest BCUT2D eigenvalue weighted by molar-refractivity contribution is 7.14. The van der Waals surface area contributed by atoms with Gasteiger partial charge in [-0.15, -0.1) is 11.3 Å². The lowest BCUT2D eigenvalue weighted by Gasteiger charge is -2.22. The quantitative estimate of drug-likeness (QED) is 0.400. The van der Waals surface area contributed by atoms with E-state index in [1.165, 1.54) is 11.3 Å². The van der Waals surface area contributed by atoms with Crippen LogP contribution in [0.15, 0.2) is 53.9 Å². The minimum Gasteiger partial charge on any atom is -0.497 e. The lowest BCUT2D eigenvalue weighted by atomic mass is 9.84. The number of methoxy groups -OCH3 is 1. The van der Waals surface area contributed by atoms with Crippen molar-refractivity contribution in [1.29, 1.82) is 0 Å². The molecule has 0 saturated carbocycles. The molecule has 1 amide bonds. The number of carbonyl (C=O) groups is 1. The van der Waals surface area contributed by atoms with E-state index in [2.05, 4.69) is 38.3 Å². The van der Waals surface area contributed by atoms with Crippen LogP contribution in [-0.4, -0.2) is 18.0 Å². The molecule has 1 atom stereocenters. The van der Waals surface area contributed by atoms with E-state index in [-0.39, 0.29) is 11.3 Å². The molecular weight excluding hydrogens is 406 g/mol. The third-order valence-corrected chi connectivity index (χ3v) is 5.52. The van der Waals surface area contributed by atoms with Crippen LogP contribution in [0.25, 0.3) is 11.3 Å². The number of benzene rings is 2. The SMILES string of the molecule is COc1cccc(Nc2nc(-c3cccc(NC(=O)C[C@H](C)CC(C)(C)C)c3)cs2)c1. The zero-order valence-electron chi connectivity index (χ0n) is 18.9. The monoisotopic (exact) mass is 437 g/mol. The Bertz CT molecular complexity index is 1020. The Morgan fingerprint density at radius 1 is 1.13 bits per heavy atom. The summed E-state index contributed by atoms with van der Waals surface area (Å²) in [7, 11) is 1.65. The number of aromatic nitrogens is 1. The van der Waals surface area contributed by atoms with Crippen molar-refractivity contribution in [3.8, 4) is 17.0 Å². The van der Waals surface area contributed by atoms with Crippen LogP contribution in [0.1, 0.15) is 40.5 Å². The Morgan fingerprint density at radius 2 is 1.87 bits per heavy atom. The smallest absolute Gasteiger partial charge is 0.224 e.